The first-order valence-electron chi connectivity index (χ1n) is 6.85. The van der Waals surface area contributed by atoms with E-state index in [9.17, 15) is 24.8 Å². The molecule has 0 aliphatic heterocycles. The number of carboxylic acids is 1. The quantitative estimate of drug-likeness (QED) is 0.377. The van der Waals surface area contributed by atoms with Gasteiger partial charge in [0.05, 0.1) is 16.1 Å². The van der Waals surface area contributed by atoms with Crippen molar-refractivity contribution in [2.45, 2.75) is 0 Å². The van der Waals surface area contributed by atoms with E-state index < -0.39 is 28.1 Å². The van der Waals surface area contributed by atoms with Gasteiger partial charge >= 0.3 is 11.9 Å². The molecule has 122 valence electrons. The van der Waals surface area contributed by atoms with Crippen LogP contribution in [0.4, 0.5) is 5.69 Å². The molecule has 0 aromatic heterocycles. The highest BCUT2D eigenvalue weighted by Crippen LogP contribution is 2.36. The van der Waals surface area contributed by atoms with Crippen molar-refractivity contribution in [2.24, 2.45) is 0 Å². The minimum Gasteiger partial charge on any atom is -0.477 e. The summed E-state index contributed by atoms with van der Waals surface area (Å²) < 4.78 is 4.95. The van der Waals surface area contributed by atoms with E-state index >= 15 is 0 Å². The van der Waals surface area contributed by atoms with Gasteiger partial charge in [0.2, 0.25) is 0 Å². The smallest absolute Gasteiger partial charge is 0.342 e. The first-order chi connectivity index (χ1) is 11.5. The van der Waals surface area contributed by atoms with Gasteiger partial charge in [-0.15, -0.1) is 0 Å². The van der Waals surface area contributed by atoms with Gasteiger partial charge in [-0.2, -0.15) is 0 Å². The van der Waals surface area contributed by atoms with Crippen LogP contribution in [0.3, 0.4) is 0 Å². The molecule has 0 fully saturated rings. The lowest BCUT2D eigenvalue weighted by atomic mass is 9.94. The molecule has 0 saturated heterocycles. The van der Waals surface area contributed by atoms with E-state index in [1.54, 1.807) is 30.3 Å². The molecule has 7 nitrogen and oxygen atoms in total. The second kappa shape index (κ2) is 7.19. The minimum atomic E-state index is -1.45. The Morgan fingerprint density at radius 2 is 1.79 bits per heavy atom. The second-order valence-corrected chi connectivity index (χ2v) is 4.70. The maximum Gasteiger partial charge on any atom is 0.342 e. The summed E-state index contributed by atoms with van der Waals surface area (Å²) in [5, 5.41) is 20.7. The largest absolute Gasteiger partial charge is 0.477 e. The van der Waals surface area contributed by atoms with Crippen molar-refractivity contribution in [2.75, 3.05) is 6.61 Å². The number of esters is 1. The van der Waals surface area contributed by atoms with Crippen LogP contribution in [0.25, 0.3) is 11.1 Å². The minimum absolute atomic E-state index is 0.0679. The second-order valence-electron chi connectivity index (χ2n) is 4.70. The molecule has 0 amide bonds. The Bertz CT molecular complexity index is 813. The van der Waals surface area contributed by atoms with Crippen molar-refractivity contribution in [3.8, 4) is 11.1 Å². The van der Waals surface area contributed by atoms with Gasteiger partial charge in [0, 0.05) is 0 Å². The molecule has 0 heterocycles. The summed E-state index contributed by atoms with van der Waals surface area (Å²) >= 11 is 0. The van der Waals surface area contributed by atoms with Gasteiger partial charge in [0.1, 0.15) is 12.2 Å². The summed E-state index contributed by atoms with van der Waals surface area (Å²) in [6.45, 7) is 3.36. The van der Waals surface area contributed by atoms with Crippen LogP contribution in [0.15, 0.2) is 55.1 Å². The van der Waals surface area contributed by atoms with E-state index in [1.807, 2.05) is 0 Å². The topological polar surface area (TPSA) is 107 Å². The number of carbonyl (C=O) groups excluding carboxylic acids is 1. The van der Waals surface area contributed by atoms with E-state index in [0.717, 1.165) is 6.07 Å². The van der Waals surface area contributed by atoms with Gasteiger partial charge in [-0.25, -0.2) is 9.59 Å². The Morgan fingerprint density at radius 3 is 2.33 bits per heavy atom. The van der Waals surface area contributed by atoms with Crippen LogP contribution < -0.4 is 0 Å². The average Bonchev–Trinajstić information content (AvgIpc) is 2.58. The SMILES string of the molecule is C=CCOC(=O)c1ccc(C(=O)O)c([N+](=O)[O-])c1-c1ccccc1. The standard InChI is InChI=1S/C17H13NO6/c1-2-10-24-17(21)12-8-9-13(16(19)20)15(18(22)23)14(12)11-6-4-3-5-7-11/h2-9H,1,10H2,(H,19,20). The lowest BCUT2D eigenvalue weighted by molar-refractivity contribution is -0.384. The highest BCUT2D eigenvalue weighted by molar-refractivity contribution is 6.05. The zero-order valence-corrected chi connectivity index (χ0v) is 12.5. The molecule has 1 N–H and O–H groups in total. The number of carbonyl (C=O) groups is 2. The summed E-state index contributed by atoms with van der Waals surface area (Å²) in [4.78, 5) is 34.2. The zero-order valence-electron chi connectivity index (χ0n) is 12.5. The van der Waals surface area contributed by atoms with Gasteiger partial charge in [0.15, 0.2) is 0 Å². The number of aromatic carboxylic acids is 1. The molecule has 0 atom stereocenters. The lowest BCUT2D eigenvalue weighted by Gasteiger charge is -2.11. The number of ether oxygens (including phenoxy) is 1. The molecule has 0 aliphatic carbocycles. The predicted molar refractivity (Wildman–Crippen MR) is 86.0 cm³/mol. The number of benzene rings is 2. The molecular weight excluding hydrogens is 314 g/mol. The fourth-order valence-corrected chi connectivity index (χ4v) is 2.23. The molecule has 24 heavy (non-hydrogen) atoms. The predicted octanol–water partition coefficient (Wildman–Crippen LogP) is 3.30. The fraction of sp³-hybridized carbons (Fsp3) is 0.0588. The van der Waals surface area contributed by atoms with Gasteiger partial charge in [0.25, 0.3) is 5.69 Å². The Labute approximate surface area is 137 Å². The van der Waals surface area contributed by atoms with E-state index in [1.165, 1.54) is 12.1 Å². The van der Waals surface area contributed by atoms with Crippen molar-refractivity contribution >= 4 is 17.6 Å². The molecule has 0 bridgehead atoms. The molecule has 0 unspecified atom stereocenters. The summed E-state index contributed by atoms with van der Waals surface area (Å²) in [6.07, 6.45) is 1.36. The Balaban J connectivity index is 2.79. The summed E-state index contributed by atoms with van der Waals surface area (Å²) in [5.41, 5.74) is -0.979. The zero-order chi connectivity index (χ0) is 17.7. The number of nitro groups is 1. The normalized spacial score (nSPS) is 10.0. The molecule has 0 radical (unpaired) electrons. The van der Waals surface area contributed by atoms with Crippen molar-refractivity contribution in [1.82, 2.24) is 0 Å². The Morgan fingerprint density at radius 1 is 1.17 bits per heavy atom. The monoisotopic (exact) mass is 327 g/mol. The van der Waals surface area contributed by atoms with Crippen LogP contribution in [0.1, 0.15) is 20.7 Å². The van der Waals surface area contributed by atoms with Crippen molar-refractivity contribution in [1.29, 1.82) is 0 Å². The summed E-state index contributed by atoms with van der Waals surface area (Å²) in [6, 6.07) is 10.3. The third-order valence-electron chi connectivity index (χ3n) is 3.21. The lowest BCUT2D eigenvalue weighted by Crippen LogP contribution is -2.11. The van der Waals surface area contributed by atoms with Gasteiger partial charge in [-0.3, -0.25) is 10.1 Å². The first-order valence-corrected chi connectivity index (χ1v) is 6.85. The molecule has 7 heteroatoms. The van der Waals surface area contributed by atoms with E-state index in [-0.39, 0.29) is 17.7 Å². The van der Waals surface area contributed by atoms with Crippen LogP contribution >= 0.6 is 0 Å². The maximum atomic E-state index is 12.2. The molecule has 2 aromatic carbocycles. The number of hydrogen-bond donors (Lipinski definition) is 1. The van der Waals surface area contributed by atoms with Gasteiger partial charge < -0.3 is 9.84 Å². The number of hydrogen-bond acceptors (Lipinski definition) is 5. The molecule has 0 saturated carbocycles. The first kappa shape index (κ1) is 16.9. The third-order valence-corrected chi connectivity index (χ3v) is 3.21. The van der Waals surface area contributed by atoms with Crippen LogP contribution in [0.5, 0.6) is 0 Å². The number of nitrogens with zero attached hydrogens (tertiary/aromatic N) is 1. The summed E-state index contributed by atoms with van der Waals surface area (Å²) in [7, 11) is 0. The van der Waals surface area contributed by atoms with Crippen LogP contribution in [-0.2, 0) is 4.74 Å². The van der Waals surface area contributed by atoms with Crippen LogP contribution in [0, 0.1) is 10.1 Å². The molecule has 0 aliphatic rings. The fourth-order valence-electron chi connectivity index (χ4n) is 2.23. The Kier molecular flexibility index (Phi) is 5.06. The average molecular weight is 327 g/mol. The summed E-state index contributed by atoms with van der Waals surface area (Å²) in [5.74, 6) is -2.25. The van der Waals surface area contributed by atoms with Crippen molar-refractivity contribution in [3.05, 3.63) is 76.4 Å². The third kappa shape index (κ3) is 3.30. The molecular formula is C17H13NO6. The van der Waals surface area contributed by atoms with Crippen molar-refractivity contribution in [3.63, 3.8) is 0 Å². The number of nitro benzene ring substituents is 1. The number of carboxylic acid groups (broad SMARTS) is 1. The van der Waals surface area contributed by atoms with E-state index in [4.69, 9.17) is 4.74 Å². The number of rotatable bonds is 6. The van der Waals surface area contributed by atoms with E-state index in [2.05, 4.69) is 6.58 Å². The Hall–Kier alpha value is -3.48. The maximum absolute atomic E-state index is 12.2. The highest BCUT2D eigenvalue weighted by atomic mass is 16.6. The molecule has 2 aromatic rings. The molecule has 0 spiro atoms. The molecule has 2 rings (SSSR count). The van der Waals surface area contributed by atoms with E-state index in [0.29, 0.717) is 5.56 Å². The van der Waals surface area contributed by atoms with Gasteiger partial charge in [-0.05, 0) is 17.7 Å². The van der Waals surface area contributed by atoms with Gasteiger partial charge in [-0.1, -0.05) is 43.0 Å². The highest BCUT2D eigenvalue weighted by Gasteiger charge is 2.30. The van der Waals surface area contributed by atoms with Crippen molar-refractivity contribution < 1.29 is 24.4 Å². The van der Waals surface area contributed by atoms with Crippen LogP contribution in [0.2, 0.25) is 0 Å². The van der Waals surface area contributed by atoms with Crippen LogP contribution in [-0.4, -0.2) is 28.6 Å².